The van der Waals surface area contributed by atoms with E-state index in [4.69, 9.17) is 15.5 Å². The van der Waals surface area contributed by atoms with Crippen molar-refractivity contribution >= 4 is 0 Å². The van der Waals surface area contributed by atoms with Crippen LogP contribution < -0.4 is 0 Å². The number of hydrogen-bond donors (Lipinski definition) is 2. The van der Waals surface area contributed by atoms with Crippen LogP contribution in [0.4, 0.5) is 0 Å². The van der Waals surface area contributed by atoms with Crippen molar-refractivity contribution in [3.8, 4) is 17.6 Å². The molecule has 0 unspecified atom stereocenters. The van der Waals surface area contributed by atoms with Crippen LogP contribution in [0.2, 0.25) is 0 Å². The van der Waals surface area contributed by atoms with Gasteiger partial charge in [-0.2, -0.15) is 5.26 Å². The third-order valence-corrected chi connectivity index (χ3v) is 1.41. The molecule has 0 amide bonds. The molecule has 0 fully saturated rings. The van der Waals surface area contributed by atoms with E-state index in [-0.39, 0.29) is 11.5 Å². The van der Waals surface area contributed by atoms with Gasteiger partial charge in [-0.1, -0.05) is 0 Å². The molecule has 0 bridgehead atoms. The van der Waals surface area contributed by atoms with Crippen LogP contribution in [0.15, 0.2) is 12.1 Å². The van der Waals surface area contributed by atoms with Crippen LogP contribution in [-0.2, 0) is 0 Å². The summed E-state index contributed by atoms with van der Waals surface area (Å²) in [6.07, 6.45) is 0. The number of benzene rings is 1. The molecule has 2 N–H and O–H groups in total. The number of nitriles is 1. The van der Waals surface area contributed by atoms with E-state index in [2.05, 4.69) is 0 Å². The Balaban J connectivity index is 3.35. The van der Waals surface area contributed by atoms with E-state index < -0.39 is 0 Å². The van der Waals surface area contributed by atoms with Crippen molar-refractivity contribution in [3.63, 3.8) is 0 Å². The topological polar surface area (TPSA) is 64.2 Å². The number of phenols is 2. The van der Waals surface area contributed by atoms with Gasteiger partial charge in [-0.05, 0) is 18.6 Å². The molecule has 56 valence electrons. The summed E-state index contributed by atoms with van der Waals surface area (Å²) in [7, 11) is 0. The molecule has 0 aliphatic heterocycles. The van der Waals surface area contributed by atoms with Crippen LogP contribution in [0.1, 0.15) is 11.1 Å². The van der Waals surface area contributed by atoms with Gasteiger partial charge in [-0.25, -0.2) is 0 Å². The van der Waals surface area contributed by atoms with Gasteiger partial charge < -0.3 is 10.2 Å². The Bertz CT molecular complexity index is 302. The molecule has 1 rings (SSSR count). The second kappa shape index (κ2) is 2.51. The van der Waals surface area contributed by atoms with Gasteiger partial charge in [0.05, 0.1) is 11.6 Å². The number of aromatic hydroxyl groups is 2. The van der Waals surface area contributed by atoms with Gasteiger partial charge in [0.15, 0.2) is 11.5 Å². The molecule has 0 saturated carbocycles. The minimum absolute atomic E-state index is 0.163. The highest BCUT2D eigenvalue weighted by Crippen LogP contribution is 2.28. The minimum atomic E-state index is -0.249. The van der Waals surface area contributed by atoms with E-state index in [1.54, 1.807) is 6.92 Å². The number of aryl methyl sites for hydroxylation is 1. The van der Waals surface area contributed by atoms with Crippen molar-refractivity contribution in [2.75, 3.05) is 0 Å². The number of phenolic OH excluding ortho intramolecular Hbond substituents is 2. The van der Waals surface area contributed by atoms with Crippen molar-refractivity contribution in [1.82, 2.24) is 0 Å². The molecule has 11 heavy (non-hydrogen) atoms. The van der Waals surface area contributed by atoms with Gasteiger partial charge in [-0.3, -0.25) is 0 Å². The summed E-state index contributed by atoms with van der Waals surface area (Å²) < 4.78 is 0. The predicted molar refractivity (Wildman–Crippen MR) is 39.2 cm³/mol. The Morgan fingerprint density at radius 3 is 2.45 bits per heavy atom. The maximum atomic E-state index is 9.07. The normalized spacial score (nSPS) is 9.09. The van der Waals surface area contributed by atoms with Gasteiger partial charge in [0.25, 0.3) is 0 Å². The molecule has 1 aromatic carbocycles. The molecule has 3 nitrogen and oxygen atoms in total. The monoisotopic (exact) mass is 149 g/mol. The molecular formula is C8H7NO2. The van der Waals surface area contributed by atoms with Crippen LogP contribution in [0.3, 0.4) is 0 Å². The summed E-state index contributed by atoms with van der Waals surface area (Å²) in [4.78, 5) is 0. The lowest BCUT2D eigenvalue weighted by molar-refractivity contribution is 0.401. The quantitative estimate of drug-likeness (QED) is 0.546. The summed E-state index contributed by atoms with van der Waals surface area (Å²) in [5, 5.41) is 26.5. The van der Waals surface area contributed by atoms with Crippen LogP contribution >= 0.6 is 0 Å². The fourth-order valence-electron chi connectivity index (χ4n) is 0.825. The fourth-order valence-corrected chi connectivity index (χ4v) is 0.825. The highest BCUT2D eigenvalue weighted by molar-refractivity contribution is 5.50. The van der Waals surface area contributed by atoms with Crippen LogP contribution in [0.5, 0.6) is 11.5 Å². The molecular weight excluding hydrogens is 142 g/mol. The average molecular weight is 149 g/mol. The average Bonchev–Trinajstić information content (AvgIpc) is 1.99. The smallest absolute Gasteiger partial charge is 0.160 e. The Hall–Kier alpha value is -1.69. The lowest BCUT2D eigenvalue weighted by atomic mass is 10.1. The summed E-state index contributed by atoms with van der Waals surface area (Å²) in [6, 6.07) is 4.60. The fraction of sp³-hybridized carbons (Fsp3) is 0.125. The van der Waals surface area contributed by atoms with E-state index in [1.807, 2.05) is 6.07 Å². The molecule has 0 aliphatic rings. The van der Waals surface area contributed by atoms with Crippen LogP contribution in [-0.4, -0.2) is 10.2 Å². The molecule has 0 saturated heterocycles. The first-order valence-electron chi connectivity index (χ1n) is 3.08. The van der Waals surface area contributed by atoms with Gasteiger partial charge in [0.1, 0.15) is 0 Å². The van der Waals surface area contributed by atoms with Crippen LogP contribution in [0, 0.1) is 18.3 Å². The first kappa shape index (κ1) is 7.42. The zero-order valence-corrected chi connectivity index (χ0v) is 6.00. The molecule has 0 atom stereocenters. The zero-order chi connectivity index (χ0) is 8.43. The first-order valence-corrected chi connectivity index (χ1v) is 3.08. The lowest BCUT2D eigenvalue weighted by Crippen LogP contribution is -1.79. The van der Waals surface area contributed by atoms with Gasteiger partial charge in [-0.15, -0.1) is 0 Å². The third kappa shape index (κ3) is 1.24. The van der Waals surface area contributed by atoms with E-state index >= 15 is 0 Å². The van der Waals surface area contributed by atoms with E-state index in [0.29, 0.717) is 11.1 Å². The standard InChI is InChI=1S/C8H7NO2/c1-5-2-6(4-9)3-7(10)8(5)11/h2-3,10-11H,1H3. The Morgan fingerprint density at radius 1 is 1.36 bits per heavy atom. The first-order chi connectivity index (χ1) is 5.15. The second-order valence-electron chi connectivity index (χ2n) is 2.27. The van der Waals surface area contributed by atoms with Crippen LogP contribution in [0.25, 0.3) is 0 Å². The molecule has 0 aromatic heterocycles. The summed E-state index contributed by atoms with van der Waals surface area (Å²) in [5.41, 5.74) is 0.847. The largest absolute Gasteiger partial charge is 0.504 e. The van der Waals surface area contributed by atoms with Gasteiger partial charge in [0, 0.05) is 6.07 Å². The highest BCUT2D eigenvalue weighted by atomic mass is 16.3. The maximum absolute atomic E-state index is 9.07. The molecule has 0 heterocycles. The predicted octanol–water partition coefficient (Wildman–Crippen LogP) is 1.28. The van der Waals surface area contributed by atoms with E-state index in [1.165, 1.54) is 12.1 Å². The number of hydrogen-bond acceptors (Lipinski definition) is 3. The maximum Gasteiger partial charge on any atom is 0.160 e. The molecule has 1 aromatic rings. The minimum Gasteiger partial charge on any atom is -0.504 e. The SMILES string of the molecule is Cc1cc(C#N)cc(O)c1O. The van der Waals surface area contributed by atoms with E-state index in [9.17, 15) is 0 Å². The molecule has 0 spiro atoms. The van der Waals surface area contributed by atoms with Crippen molar-refractivity contribution in [3.05, 3.63) is 23.3 Å². The highest BCUT2D eigenvalue weighted by Gasteiger charge is 2.03. The number of rotatable bonds is 0. The van der Waals surface area contributed by atoms with Gasteiger partial charge in [0.2, 0.25) is 0 Å². The van der Waals surface area contributed by atoms with Crippen molar-refractivity contribution in [2.45, 2.75) is 6.92 Å². The van der Waals surface area contributed by atoms with Crippen molar-refractivity contribution in [1.29, 1.82) is 5.26 Å². The Labute approximate surface area is 64.1 Å². The summed E-state index contributed by atoms with van der Waals surface area (Å²) in [5.74, 6) is -0.412. The van der Waals surface area contributed by atoms with Crippen molar-refractivity contribution < 1.29 is 10.2 Å². The molecule has 3 heteroatoms. The molecule has 0 aliphatic carbocycles. The summed E-state index contributed by atoms with van der Waals surface area (Å²) >= 11 is 0. The van der Waals surface area contributed by atoms with E-state index in [0.717, 1.165) is 0 Å². The third-order valence-electron chi connectivity index (χ3n) is 1.41. The van der Waals surface area contributed by atoms with Crippen molar-refractivity contribution in [2.24, 2.45) is 0 Å². The molecule has 0 radical (unpaired) electrons. The summed E-state index contributed by atoms with van der Waals surface area (Å²) in [6.45, 7) is 1.62. The number of nitrogens with zero attached hydrogens (tertiary/aromatic N) is 1. The lowest BCUT2D eigenvalue weighted by Gasteiger charge is -2.00. The second-order valence-corrected chi connectivity index (χ2v) is 2.27. The van der Waals surface area contributed by atoms with Gasteiger partial charge >= 0.3 is 0 Å². The Morgan fingerprint density at radius 2 is 2.00 bits per heavy atom. The Kier molecular flexibility index (Phi) is 1.69. The zero-order valence-electron chi connectivity index (χ0n) is 6.00.